The van der Waals surface area contributed by atoms with Crippen LogP contribution in [-0.2, 0) is 13.0 Å². The van der Waals surface area contributed by atoms with E-state index >= 15 is 0 Å². The van der Waals surface area contributed by atoms with Crippen molar-refractivity contribution in [3.8, 4) is 11.4 Å². The molecule has 3 heterocycles. The molecule has 0 aliphatic carbocycles. The molecule has 4 rings (SSSR count). The van der Waals surface area contributed by atoms with Crippen molar-refractivity contribution in [2.45, 2.75) is 26.3 Å². The number of carbonyl (C=O) groups excluding carboxylic acids is 1. The first-order valence-corrected chi connectivity index (χ1v) is 9.02. The van der Waals surface area contributed by atoms with E-state index in [1.54, 1.807) is 10.7 Å². The summed E-state index contributed by atoms with van der Waals surface area (Å²) in [7, 11) is 0. The van der Waals surface area contributed by atoms with Crippen LogP contribution in [0.5, 0.6) is 0 Å². The number of aromatic nitrogens is 5. The largest absolute Gasteiger partial charge is 0.337 e. The van der Waals surface area contributed by atoms with Crippen molar-refractivity contribution in [1.82, 2.24) is 29.9 Å². The van der Waals surface area contributed by atoms with E-state index in [0.29, 0.717) is 11.6 Å². The van der Waals surface area contributed by atoms with E-state index in [-0.39, 0.29) is 5.91 Å². The predicted octanol–water partition coefficient (Wildman–Crippen LogP) is 2.39. The molecule has 0 bridgehead atoms. The molecule has 0 spiro atoms. The first-order chi connectivity index (χ1) is 12.7. The van der Waals surface area contributed by atoms with Crippen LogP contribution in [0.25, 0.3) is 11.4 Å². The summed E-state index contributed by atoms with van der Waals surface area (Å²) in [5.74, 6) is 2.00. The van der Waals surface area contributed by atoms with Crippen LogP contribution in [0, 0.1) is 5.92 Å². The van der Waals surface area contributed by atoms with E-state index < -0.39 is 0 Å². The minimum Gasteiger partial charge on any atom is -0.337 e. The number of carbonyl (C=O) groups is 1. The lowest BCUT2D eigenvalue weighted by atomic mass is 10.1. The summed E-state index contributed by atoms with van der Waals surface area (Å²) >= 11 is 0. The second-order valence-electron chi connectivity index (χ2n) is 6.64. The van der Waals surface area contributed by atoms with E-state index in [0.717, 1.165) is 49.7 Å². The van der Waals surface area contributed by atoms with Crippen molar-refractivity contribution >= 4 is 5.91 Å². The van der Waals surface area contributed by atoms with Gasteiger partial charge >= 0.3 is 0 Å². The number of likely N-dealkylation sites (tertiary alicyclic amines) is 1. The Kier molecular flexibility index (Phi) is 4.51. The van der Waals surface area contributed by atoms with Crippen LogP contribution in [0.15, 0.2) is 42.6 Å². The molecule has 1 N–H and O–H groups in total. The fourth-order valence-corrected chi connectivity index (χ4v) is 3.37. The van der Waals surface area contributed by atoms with Crippen LogP contribution in [0.1, 0.15) is 29.7 Å². The van der Waals surface area contributed by atoms with Gasteiger partial charge in [0.1, 0.15) is 11.5 Å². The average Bonchev–Trinajstić information content (AvgIpc) is 3.43. The minimum absolute atomic E-state index is 0.0160. The van der Waals surface area contributed by atoms with Crippen molar-refractivity contribution in [3.63, 3.8) is 0 Å². The maximum absolute atomic E-state index is 12.6. The van der Waals surface area contributed by atoms with Gasteiger partial charge in [0.2, 0.25) is 0 Å². The van der Waals surface area contributed by atoms with Crippen molar-refractivity contribution in [2.24, 2.45) is 5.92 Å². The van der Waals surface area contributed by atoms with Gasteiger partial charge in [-0.25, -0.2) is 4.98 Å². The number of amides is 1. The maximum atomic E-state index is 12.6. The van der Waals surface area contributed by atoms with E-state index in [4.69, 9.17) is 0 Å². The fourth-order valence-electron chi connectivity index (χ4n) is 3.37. The Morgan fingerprint density at radius 3 is 2.88 bits per heavy atom. The number of nitrogens with zero attached hydrogens (tertiary/aromatic N) is 5. The highest BCUT2D eigenvalue weighted by Crippen LogP contribution is 2.22. The number of benzene rings is 1. The van der Waals surface area contributed by atoms with Crippen molar-refractivity contribution in [3.05, 3.63) is 54.1 Å². The Hall–Kier alpha value is -2.96. The molecule has 7 nitrogen and oxygen atoms in total. The third kappa shape index (κ3) is 3.37. The Bertz CT molecular complexity index is 884. The van der Waals surface area contributed by atoms with Gasteiger partial charge in [0.15, 0.2) is 5.82 Å². The number of aryl methyl sites for hydroxylation is 1. The number of aromatic amines is 1. The molecular formula is C19H22N6O. The van der Waals surface area contributed by atoms with Crippen LogP contribution in [0.4, 0.5) is 0 Å². The molecule has 7 heteroatoms. The van der Waals surface area contributed by atoms with Gasteiger partial charge in [0, 0.05) is 37.8 Å². The Balaban J connectivity index is 1.37. The van der Waals surface area contributed by atoms with E-state index in [1.165, 1.54) is 0 Å². The van der Waals surface area contributed by atoms with Crippen LogP contribution in [0.3, 0.4) is 0 Å². The monoisotopic (exact) mass is 350 g/mol. The summed E-state index contributed by atoms with van der Waals surface area (Å²) < 4.78 is 1.78. The summed E-state index contributed by atoms with van der Waals surface area (Å²) in [5.41, 5.74) is 1.53. The number of nitrogens with one attached hydrogen (secondary N) is 1. The highest BCUT2D eigenvalue weighted by molar-refractivity contribution is 5.92. The average molecular weight is 350 g/mol. The molecular weight excluding hydrogens is 328 g/mol. The SMILES string of the molecule is CCn1ccc(C(=O)N2CCC(Cc3nc(-c4ccccc4)n[nH]3)C2)n1. The Morgan fingerprint density at radius 1 is 1.27 bits per heavy atom. The fraction of sp³-hybridized carbons (Fsp3) is 0.368. The van der Waals surface area contributed by atoms with Gasteiger partial charge in [0.05, 0.1) is 0 Å². The zero-order valence-corrected chi connectivity index (χ0v) is 14.8. The van der Waals surface area contributed by atoms with Gasteiger partial charge < -0.3 is 4.90 Å². The summed E-state index contributed by atoms with van der Waals surface area (Å²) in [4.78, 5) is 19.1. The smallest absolute Gasteiger partial charge is 0.274 e. The van der Waals surface area contributed by atoms with Gasteiger partial charge in [-0.3, -0.25) is 14.6 Å². The molecule has 1 fully saturated rings. The quantitative estimate of drug-likeness (QED) is 0.766. The number of rotatable bonds is 5. The third-order valence-electron chi connectivity index (χ3n) is 4.80. The first kappa shape index (κ1) is 16.5. The van der Waals surface area contributed by atoms with Crippen LogP contribution in [-0.4, -0.2) is 48.9 Å². The highest BCUT2D eigenvalue weighted by atomic mass is 16.2. The van der Waals surface area contributed by atoms with Gasteiger partial charge in [-0.2, -0.15) is 10.2 Å². The molecule has 1 aromatic carbocycles. The summed E-state index contributed by atoms with van der Waals surface area (Å²) in [6, 6.07) is 11.7. The topological polar surface area (TPSA) is 79.7 Å². The summed E-state index contributed by atoms with van der Waals surface area (Å²) in [5, 5.41) is 11.7. The van der Waals surface area contributed by atoms with Crippen molar-refractivity contribution < 1.29 is 4.79 Å². The molecule has 134 valence electrons. The summed E-state index contributed by atoms with van der Waals surface area (Å²) in [6.07, 6.45) is 3.62. The van der Waals surface area contributed by atoms with Gasteiger partial charge in [-0.1, -0.05) is 30.3 Å². The molecule has 1 saturated heterocycles. The Labute approximate surface area is 152 Å². The van der Waals surface area contributed by atoms with E-state index in [2.05, 4.69) is 20.3 Å². The standard InChI is InChI=1S/C19H22N6O/c1-2-25-11-9-16(23-25)19(26)24-10-8-14(13-24)12-17-20-18(22-21-17)15-6-4-3-5-7-15/h3-7,9,11,14H,2,8,10,12-13H2,1H3,(H,20,21,22). The molecule has 0 radical (unpaired) electrons. The second kappa shape index (κ2) is 7.11. The second-order valence-corrected chi connectivity index (χ2v) is 6.64. The lowest BCUT2D eigenvalue weighted by Crippen LogP contribution is -2.29. The van der Waals surface area contributed by atoms with Gasteiger partial charge in [-0.15, -0.1) is 0 Å². The zero-order chi connectivity index (χ0) is 17.9. The predicted molar refractivity (Wildman–Crippen MR) is 97.4 cm³/mol. The molecule has 26 heavy (non-hydrogen) atoms. The van der Waals surface area contributed by atoms with Gasteiger partial charge in [0.25, 0.3) is 5.91 Å². The van der Waals surface area contributed by atoms with Crippen LogP contribution >= 0.6 is 0 Å². The number of hydrogen-bond acceptors (Lipinski definition) is 4. The molecule has 1 unspecified atom stereocenters. The van der Waals surface area contributed by atoms with Crippen molar-refractivity contribution in [2.75, 3.05) is 13.1 Å². The molecule has 1 amide bonds. The molecule has 1 aliphatic rings. The van der Waals surface area contributed by atoms with Crippen LogP contribution in [0.2, 0.25) is 0 Å². The molecule has 0 saturated carbocycles. The van der Waals surface area contributed by atoms with Gasteiger partial charge in [-0.05, 0) is 25.3 Å². The summed E-state index contributed by atoms with van der Waals surface area (Å²) in [6.45, 7) is 4.28. The lowest BCUT2D eigenvalue weighted by molar-refractivity contribution is 0.0780. The lowest BCUT2D eigenvalue weighted by Gasteiger charge is -2.14. The Morgan fingerprint density at radius 2 is 2.12 bits per heavy atom. The van der Waals surface area contributed by atoms with E-state index in [1.807, 2.05) is 48.4 Å². The zero-order valence-electron chi connectivity index (χ0n) is 14.8. The molecule has 1 aliphatic heterocycles. The third-order valence-corrected chi connectivity index (χ3v) is 4.80. The molecule has 1 atom stereocenters. The number of H-pyrrole nitrogens is 1. The van der Waals surface area contributed by atoms with Crippen LogP contribution < -0.4 is 0 Å². The minimum atomic E-state index is 0.0160. The first-order valence-electron chi connectivity index (χ1n) is 9.02. The molecule has 3 aromatic rings. The maximum Gasteiger partial charge on any atom is 0.274 e. The molecule has 2 aromatic heterocycles. The normalized spacial score (nSPS) is 17.0. The van der Waals surface area contributed by atoms with Crippen molar-refractivity contribution in [1.29, 1.82) is 0 Å². The number of hydrogen-bond donors (Lipinski definition) is 1. The highest BCUT2D eigenvalue weighted by Gasteiger charge is 2.28. The van der Waals surface area contributed by atoms with E-state index in [9.17, 15) is 4.79 Å².